The quantitative estimate of drug-likeness (QED) is 0.805. The van der Waals surface area contributed by atoms with Gasteiger partial charge in [0.05, 0.1) is 11.1 Å². The largest absolute Gasteiger partial charge is 0.478 e. The number of aromatic carboxylic acids is 2. The van der Waals surface area contributed by atoms with Crippen LogP contribution >= 0.6 is 0 Å². The summed E-state index contributed by atoms with van der Waals surface area (Å²) in [5.41, 5.74) is 6.43. The van der Waals surface area contributed by atoms with Crippen molar-refractivity contribution in [3.63, 3.8) is 0 Å². The van der Waals surface area contributed by atoms with Crippen LogP contribution in [-0.2, 0) is 0 Å². The first-order valence-electron chi connectivity index (χ1n) is 6.29. The highest BCUT2D eigenvalue weighted by molar-refractivity contribution is 6.01. The van der Waals surface area contributed by atoms with E-state index < -0.39 is 11.9 Å². The minimum atomic E-state index is -1.23. The number of carboxylic acid groups (broad SMARTS) is 2. The second-order valence-corrected chi connectivity index (χ2v) is 4.36. The lowest BCUT2D eigenvalue weighted by Gasteiger charge is -2.02. The van der Waals surface area contributed by atoms with Gasteiger partial charge in [0.15, 0.2) is 0 Å². The lowest BCUT2D eigenvalue weighted by molar-refractivity contribution is 0.0651. The molecule has 0 aliphatic carbocycles. The molecule has 1 atom stereocenters. The number of hydrogen-bond donors (Lipinski definition) is 3. The van der Waals surface area contributed by atoms with Crippen molar-refractivity contribution in [3.05, 3.63) is 71.3 Å². The highest BCUT2D eigenvalue weighted by Gasteiger charge is 2.13. The molecule has 5 heteroatoms. The van der Waals surface area contributed by atoms with Crippen LogP contribution in [0.3, 0.4) is 0 Å². The van der Waals surface area contributed by atoms with E-state index in [0.29, 0.717) is 0 Å². The van der Waals surface area contributed by atoms with Crippen molar-refractivity contribution in [2.24, 2.45) is 5.73 Å². The molecule has 0 bridgehead atoms. The summed E-state index contributed by atoms with van der Waals surface area (Å²) in [6.45, 7) is 1.98. The standard InChI is InChI=1S/C8H11N.C8H6O4/c1-7(9)8-5-3-2-4-6-8;9-7(10)5-3-1-2-4-6(5)8(11)12/h2-7H,9H2,1H3;1-4H,(H,9,10)(H,11,12). The van der Waals surface area contributed by atoms with Crippen LogP contribution in [0.4, 0.5) is 0 Å². The van der Waals surface area contributed by atoms with Crippen molar-refractivity contribution in [2.75, 3.05) is 0 Å². The molecular formula is C16H17NO4. The maximum atomic E-state index is 10.5. The molecule has 21 heavy (non-hydrogen) atoms. The Kier molecular flexibility index (Phi) is 6.10. The minimum absolute atomic E-state index is 0.159. The monoisotopic (exact) mass is 287 g/mol. The van der Waals surface area contributed by atoms with Gasteiger partial charge >= 0.3 is 11.9 Å². The fourth-order valence-corrected chi connectivity index (χ4v) is 1.61. The Hall–Kier alpha value is -2.66. The fourth-order valence-electron chi connectivity index (χ4n) is 1.61. The molecule has 1 unspecified atom stereocenters. The maximum Gasteiger partial charge on any atom is 0.336 e. The van der Waals surface area contributed by atoms with Gasteiger partial charge < -0.3 is 15.9 Å². The SMILES string of the molecule is CC(N)c1ccccc1.O=C(O)c1ccccc1C(=O)O. The van der Waals surface area contributed by atoms with Gasteiger partial charge in [-0.05, 0) is 24.6 Å². The first-order chi connectivity index (χ1) is 9.93. The van der Waals surface area contributed by atoms with Crippen LogP contribution in [-0.4, -0.2) is 22.2 Å². The van der Waals surface area contributed by atoms with E-state index in [4.69, 9.17) is 15.9 Å². The third-order valence-electron chi connectivity index (χ3n) is 2.71. The second kappa shape index (κ2) is 7.81. The Morgan fingerprint density at radius 1 is 0.857 bits per heavy atom. The number of carbonyl (C=O) groups is 2. The third-order valence-corrected chi connectivity index (χ3v) is 2.71. The molecule has 2 aromatic rings. The third kappa shape index (κ3) is 5.08. The van der Waals surface area contributed by atoms with Crippen LogP contribution in [0.2, 0.25) is 0 Å². The zero-order valence-corrected chi connectivity index (χ0v) is 11.6. The van der Waals surface area contributed by atoms with Gasteiger partial charge in [0.25, 0.3) is 0 Å². The smallest absolute Gasteiger partial charge is 0.336 e. The Labute approximate surface area is 122 Å². The van der Waals surface area contributed by atoms with Crippen LogP contribution in [0, 0.1) is 0 Å². The fraction of sp³-hybridized carbons (Fsp3) is 0.125. The number of rotatable bonds is 3. The van der Waals surface area contributed by atoms with E-state index in [9.17, 15) is 9.59 Å². The molecule has 0 saturated carbocycles. The summed E-state index contributed by atoms with van der Waals surface area (Å²) in [5, 5.41) is 17.1. The van der Waals surface area contributed by atoms with Crippen molar-refractivity contribution in [1.29, 1.82) is 0 Å². The summed E-state index contributed by atoms with van der Waals surface area (Å²) < 4.78 is 0. The van der Waals surface area contributed by atoms with Gasteiger partial charge in [-0.1, -0.05) is 42.5 Å². The molecule has 0 aliphatic heterocycles. The molecule has 0 aromatic heterocycles. The number of benzene rings is 2. The lowest BCUT2D eigenvalue weighted by Crippen LogP contribution is -2.06. The van der Waals surface area contributed by atoms with E-state index >= 15 is 0 Å². The molecule has 0 fully saturated rings. The molecule has 5 nitrogen and oxygen atoms in total. The van der Waals surface area contributed by atoms with E-state index in [-0.39, 0.29) is 17.2 Å². The molecular weight excluding hydrogens is 270 g/mol. The highest BCUT2D eigenvalue weighted by atomic mass is 16.4. The van der Waals surface area contributed by atoms with Crippen LogP contribution in [0.15, 0.2) is 54.6 Å². The topological polar surface area (TPSA) is 101 Å². The predicted octanol–water partition coefficient (Wildman–Crippen LogP) is 2.79. The lowest BCUT2D eigenvalue weighted by atomic mass is 10.1. The molecule has 2 aromatic carbocycles. The minimum Gasteiger partial charge on any atom is -0.478 e. The Morgan fingerprint density at radius 2 is 1.24 bits per heavy atom. The van der Waals surface area contributed by atoms with Crippen molar-refractivity contribution in [1.82, 2.24) is 0 Å². The van der Waals surface area contributed by atoms with Gasteiger partial charge in [0, 0.05) is 6.04 Å². The Bertz CT molecular complexity index is 576. The normalized spacial score (nSPS) is 11.0. The van der Waals surface area contributed by atoms with Gasteiger partial charge in [-0.2, -0.15) is 0 Å². The molecule has 0 aliphatic rings. The van der Waals surface area contributed by atoms with E-state index in [1.54, 1.807) is 0 Å². The van der Waals surface area contributed by atoms with Crippen molar-refractivity contribution < 1.29 is 19.8 Å². The zero-order valence-electron chi connectivity index (χ0n) is 11.6. The van der Waals surface area contributed by atoms with E-state index in [0.717, 1.165) is 0 Å². The van der Waals surface area contributed by atoms with Gasteiger partial charge in [0.1, 0.15) is 0 Å². The van der Waals surface area contributed by atoms with Crippen molar-refractivity contribution in [2.45, 2.75) is 13.0 Å². The predicted molar refractivity (Wildman–Crippen MR) is 79.4 cm³/mol. The molecule has 4 N–H and O–H groups in total. The second-order valence-electron chi connectivity index (χ2n) is 4.36. The van der Waals surface area contributed by atoms with Crippen LogP contribution < -0.4 is 5.73 Å². The summed E-state index contributed by atoms with van der Waals surface area (Å²) in [6.07, 6.45) is 0. The molecule has 0 spiro atoms. The summed E-state index contributed by atoms with van der Waals surface area (Å²) >= 11 is 0. The summed E-state index contributed by atoms with van der Waals surface area (Å²) in [5.74, 6) is -2.46. The van der Waals surface area contributed by atoms with Gasteiger partial charge in [-0.3, -0.25) is 0 Å². The molecule has 2 rings (SSSR count). The molecule has 0 amide bonds. The molecule has 0 saturated heterocycles. The van der Waals surface area contributed by atoms with E-state index in [1.165, 1.54) is 29.8 Å². The number of hydrogen-bond acceptors (Lipinski definition) is 3. The van der Waals surface area contributed by atoms with Gasteiger partial charge in [-0.15, -0.1) is 0 Å². The molecule has 0 radical (unpaired) electrons. The molecule has 0 heterocycles. The van der Waals surface area contributed by atoms with E-state index in [2.05, 4.69) is 0 Å². The van der Waals surface area contributed by atoms with Gasteiger partial charge in [-0.25, -0.2) is 9.59 Å². The Balaban J connectivity index is 0.000000219. The maximum absolute atomic E-state index is 10.5. The van der Waals surface area contributed by atoms with Crippen LogP contribution in [0.25, 0.3) is 0 Å². The summed E-state index contributed by atoms with van der Waals surface area (Å²) in [7, 11) is 0. The van der Waals surface area contributed by atoms with Crippen LogP contribution in [0.5, 0.6) is 0 Å². The molecule has 110 valence electrons. The zero-order chi connectivity index (χ0) is 15.8. The van der Waals surface area contributed by atoms with Crippen molar-refractivity contribution in [3.8, 4) is 0 Å². The summed E-state index contributed by atoms with van der Waals surface area (Å²) in [4.78, 5) is 20.9. The first kappa shape index (κ1) is 16.4. The van der Waals surface area contributed by atoms with Crippen molar-refractivity contribution >= 4 is 11.9 Å². The Morgan fingerprint density at radius 3 is 1.52 bits per heavy atom. The van der Waals surface area contributed by atoms with Crippen LogP contribution in [0.1, 0.15) is 39.2 Å². The number of nitrogens with two attached hydrogens (primary N) is 1. The first-order valence-corrected chi connectivity index (χ1v) is 6.29. The highest BCUT2D eigenvalue weighted by Crippen LogP contribution is 2.08. The van der Waals surface area contributed by atoms with Gasteiger partial charge in [0.2, 0.25) is 0 Å². The summed E-state index contributed by atoms with van der Waals surface area (Å²) in [6, 6.07) is 15.7. The average Bonchev–Trinajstić information content (AvgIpc) is 2.48. The average molecular weight is 287 g/mol. The number of carboxylic acids is 2. The van der Waals surface area contributed by atoms with E-state index in [1.807, 2.05) is 37.3 Å².